The third-order valence-electron chi connectivity index (χ3n) is 22.4. The second-order valence-corrected chi connectivity index (χ2v) is 39.8. The lowest BCUT2D eigenvalue weighted by Crippen LogP contribution is -2.53. The number of pyridine rings is 4. The van der Waals surface area contributed by atoms with Crippen molar-refractivity contribution in [3.63, 3.8) is 0 Å². The molecule has 0 unspecified atom stereocenters. The number of benzene rings is 4. The van der Waals surface area contributed by atoms with Crippen molar-refractivity contribution in [3.05, 3.63) is 137 Å². The maximum Gasteiger partial charge on any atom is 0.339 e. The van der Waals surface area contributed by atoms with E-state index in [9.17, 15) is 18.9 Å². The lowest BCUT2D eigenvalue weighted by Gasteiger charge is -2.45. The lowest BCUT2D eigenvalue weighted by atomic mass is 9.86. The van der Waals surface area contributed by atoms with E-state index in [-0.39, 0.29) is 22.4 Å². The zero-order chi connectivity index (χ0) is 87.1. The number of amides is 1. The van der Waals surface area contributed by atoms with Gasteiger partial charge in [0.25, 0.3) is 0 Å². The average Bonchev–Trinajstić information content (AvgIpc) is 0.802. The summed E-state index contributed by atoms with van der Waals surface area (Å²) in [5, 5.41) is 12.6. The number of likely N-dealkylation sites (tertiary alicyclic amines) is 1. The van der Waals surface area contributed by atoms with Crippen LogP contribution < -0.4 is 57.5 Å². The van der Waals surface area contributed by atoms with Crippen molar-refractivity contribution in [1.82, 2.24) is 35.1 Å². The van der Waals surface area contributed by atoms with Gasteiger partial charge in [-0.25, -0.2) is 19.6 Å². The number of fused-ring (bicyclic) bond motifs is 4. The molecular formula is C89H129Cl4N12O14P. The van der Waals surface area contributed by atoms with Crippen LogP contribution in [0.1, 0.15) is 190 Å². The Morgan fingerprint density at radius 1 is 0.508 bits per heavy atom. The first kappa shape index (κ1) is 98.6. The number of hydrogen-bond donors (Lipinski definition) is 7. The molecule has 8 aliphatic rings. The summed E-state index contributed by atoms with van der Waals surface area (Å²) in [6.45, 7) is 20.0. The van der Waals surface area contributed by atoms with Crippen molar-refractivity contribution in [3.8, 4) is 23.0 Å². The summed E-state index contributed by atoms with van der Waals surface area (Å²) in [6.07, 6.45) is 28.7. The molecule has 120 heavy (non-hydrogen) atoms. The number of aromatic nitrogens is 4. The number of aromatic amines is 1. The van der Waals surface area contributed by atoms with E-state index in [1.165, 1.54) is 38.5 Å². The Balaban J connectivity index is 0.000000179. The monoisotopic (exact) mass is 1760 g/mol. The van der Waals surface area contributed by atoms with Crippen LogP contribution in [-0.2, 0) is 43.2 Å². The van der Waals surface area contributed by atoms with Crippen LogP contribution in [-0.4, -0.2) is 181 Å². The molecule has 3 aliphatic heterocycles. The predicted octanol–water partition coefficient (Wildman–Crippen LogP) is 18.5. The molecule has 1 amide bonds. The molecule has 31 heteroatoms. The summed E-state index contributed by atoms with van der Waals surface area (Å²) in [6, 6.07) is 33.8. The molecule has 5 saturated carbocycles. The highest BCUT2D eigenvalue weighted by molar-refractivity contribution is 8.24. The first-order chi connectivity index (χ1) is 57.3. The number of ketones is 1. The quantitative estimate of drug-likeness (QED) is 0.0416. The normalized spacial score (nSPS) is 23.4. The van der Waals surface area contributed by atoms with E-state index in [0.29, 0.717) is 103 Å². The summed E-state index contributed by atoms with van der Waals surface area (Å²) in [7, 11) is 8.45. The van der Waals surface area contributed by atoms with Crippen molar-refractivity contribution < 1.29 is 62.1 Å². The molecule has 3 saturated heterocycles. The molecule has 0 atom stereocenters. The van der Waals surface area contributed by atoms with Gasteiger partial charge >= 0.3 is 5.20 Å². The second kappa shape index (κ2) is 48.5. The van der Waals surface area contributed by atoms with Gasteiger partial charge in [0, 0.05) is 170 Å². The molecule has 8 aromatic rings. The molecule has 8 fully saturated rings. The van der Waals surface area contributed by atoms with Gasteiger partial charge in [0.15, 0.2) is 5.43 Å². The van der Waals surface area contributed by atoms with Gasteiger partial charge < -0.3 is 76.4 Å². The minimum atomic E-state index is -3.22. The number of hydrogen-bond acceptors (Lipinski definition) is 24. The first-order valence-corrected chi connectivity index (χ1v) is 46.9. The average molecular weight is 1760 g/mol. The topological polar surface area (TPSA) is 336 Å². The van der Waals surface area contributed by atoms with Crippen LogP contribution in [0.15, 0.2) is 127 Å². The smallest absolute Gasteiger partial charge is 0.339 e. The third kappa shape index (κ3) is 32.7. The molecule has 5 aliphatic carbocycles. The molecule has 7 heterocycles. The molecule has 662 valence electrons. The summed E-state index contributed by atoms with van der Waals surface area (Å²) in [5.74, 6) is 2.60. The molecule has 2 spiro atoms. The number of Topliss-reactive ketones (excluding diaryl/α,β-unsaturated/α-hetero) is 1. The molecule has 16 rings (SSSR count). The van der Waals surface area contributed by atoms with Gasteiger partial charge in [0.05, 0.1) is 63.2 Å². The Labute approximate surface area is 727 Å². The molecule has 4 aromatic carbocycles. The minimum Gasteiger partial charge on any atom is -0.497 e. The first-order valence-electron chi connectivity index (χ1n) is 42.1. The van der Waals surface area contributed by atoms with Crippen molar-refractivity contribution in [2.75, 3.05) is 85.5 Å². The maximum absolute atomic E-state index is 11.4. The van der Waals surface area contributed by atoms with Gasteiger partial charge in [0.1, 0.15) is 40.0 Å². The van der Waals surface area contributed by atoms with Crippen molar-refractivity contribution in [2.24, 2.45) is 17.2 Å². The number of carbonyl (C=O) groups excluding carboxylic acids is 2. The number of anilines is 2. The largest absolute Gasteiger partial charge is 0.497 e. The Morgan fingerprint density at radius 2 is 0.892 bits per heavy atom. The molecule has 26 nitrogen and oxygen atoms in total. The van der Waals surface area contributed by atoms with E-state index in [4.69, 9.17) is 76.8 Å². The van der Waals surface area contributed by atoms with E-state index in [1.54, 1.807) is 57.9 Å². The lowest BCUT2D eigenvalue weighted by molar-refractivity contribution is -0.511. The van der Waals surface area contributed by atoms with E-state index in [2.05, 4.69) is 107 Å². The highest BCUT2D eigenvalue weighted by atomic mass is 36.0. The van der Waals surface area contributed by atoms with E-state index in [1.807, 2.05) is 114 Å². The van der Waals surface area contributed by atoms with Gasteiger partial charge in [-0.2, -0.15) is 0 Å². The molecule has 0 bridgehead atoms. The zero-order valence-electron chi connectivity index (χ0n) is 72.0. The van der Waals surface area contributed by atoms with Gasteiger partial charge in [-0.15, -0.1) is 0 Å². The SMILES string of the molecule is CC1(C)COC2(CCC(=O)CC2)OO1.CCN(CC)CC.CN1CCCC1=O.COc1ccc2[nH]ccc(=O)c2c1.COc1ccc2nccc(Cl)c2c1.COc1ccc2nccc(NC3CCC(N)CC3)c2c1.COc1ccc2nccc(NC3CCC(NC4CCC5(CC4)OCC(C)(C)OO5)CC3)c2c1.NC1CCC(N)CC1.O=P(Cl)(Cl)Cl. The van der Waals surface area contributed by atoms with Crippen LogP contribution in [0.2, 0.25) is 5.02 Å². The highest BCUT2D eigenvalue weighted by Gasteiger charge is 2.46. The number of ether oxygens (including phenoxy) is 6. The second-order valence-electron chi connectivity index (χ2n) is 32.7. The van der Waals surface area contributed by atoms with Crippen molar-refractivity contribution >= 4 is 117 Å². The predicted molar refractivity (Wildman–Crippen MR) is 483 cm³/mol. The number of halogens is 4. The molecule has 10 N–H and O–H groups in total. The van der Waals surface area contributed by atoms with Crippen LogP contribution in [0.4, 0.5) is 11.4 Å². The Bertz CT molecular complexity index is 4520. The minimum absolute atomic E-state index is 0.00708. The van der Waals surface area contributed by atoms with Crippen LogP contribution >= 0.6 is 50.5 Å². The van der Waals surface area contributed by atoms with Crippen LogP contribution in [0.25, 0.3) is 43.6 Å². The number of rotatable bonds is 13. The molecule has 4 aromatic heterocycles. The number of nitrogens with zero attached hydrogens (tertiary/aromatic N) is 5. The molecule has 0 radical (unpaired) electrons. The zero-order valence-corrected chi connectivity index (χ0v) is 75.9. The fourth-order valence-corrected chi connectivity index (χ4v) is 15.2. The Kier molecular flexibility index (Phi) is 39.8. The number of methoxy groups -OCH3 is 4. The van der Waals surface area contributed by atoms with E-state index in [0.717, 1.165) is 176 Å². The van der Waals surface area contributed by atoms with Gasteiger partial charge in [0.2, 0.25) is 17.5 Å². The van der Waals surface area contributed by atoms with Crippen LogP contribution in [0, 0.1) is 0 Å². The van der Waals surface area contributed by atoms with Gasteiger partial charge in [-0.3, -0.25) is 33.9 Å². The fraction of sp³-hybridized carbons (Fsp3) is 0.573. The summed E-state index contributed by atoms with van der Waals surface area (Å²) in [5.41, 5.74) is 22.5. The number of nitrogens with two attached hydrogens (primary N) is 3. The summed E-state index contributed by atoms with van der Waals surface area (Å²) >= 11 is 19.8. The van der Waals surface area contributed by atoms with Gasteiger partial charge in [-0.1, -0.05) is 32.4 Å². The third-order valence-corrected chi connectivity index (χ3v) is 22.8. The van der Waals surface area contributed by atoms with Crippen LogP contribution in [0.5, 0.6) is 23.0 Å². The summed E-state index contributed by atoms with van der Waals surface area (Å²) < 4.78 is 42.1. The van der Waals surface area contributed by atoms with Gasteiger partial charge in [-0.05, 0) is 268 Å². The fourth-order valence-electron chi connectivity index (χ4n) is 15.0. The van der Waals surface area contributed by atoms with E-state index < -0.39 is 16.8 Å². The van der Waals surface area contributed by atoms with Crippen LogP contribution in [0.3, 0.4) is 0 Å². The Morgan fingerprint density at radius 3 is 1.28 bits per heavy atom. The van der Waals surface area contributed by atoms with E-state index >= 15 is 0 Å². The maximum atomic E-state index is 11.4. The van der Waals surface area contributed by atoms with Crippen molar-refractivity contribution in [1.29, 1.82) is 0 Å². The highest BCUT2D eigenvalue weighted by Crippen LogP contribution is 2.61. The number of carbonyl (C=O) groups is 2. The molecular weight excluding hydrogens is 1630 g/mol. The Hall–Kier alpha value is -6.79. The summed E-state index contributed by atoms with van der Waals surface area (Å²) in [4.78, 5) is 75.0. The standard InChI is InChI=1S/C26H37N3O4.C16H21N3O.C10H8ClNO.C10H9NO2.C10H16O4.C6H14N2.C6H15N.C5H9NO.Cl3OP/c1-25(2)17-31-26(33-32-25)13-10-20(11-14-26)28-18-4-6-19(7-5-18)29-24-12-15-27-23-9-8-21(30-3)16-22(23)24;1-20-13-6-7-15-14(10-13)16(8-9-18-15)19-12-4-2-11(17)3-5-12;1-13-7-2-3-10-8(6-7)9(11)4-5-12-10;1-13-7-2-3-9-8(6-7)10(12)4-5-11-9;1-9(2)7-12-10(14-13-9)5-3-8(11)4-6-10;7-5-1-2-6(8)4-3-5;1-4-7(5-2)6-3;1-6-4-2-3-5(6)7;1-5(2,3)4/h8-9,12,15-16,18-20,28H,4-7,10-11,13-14,17H2,1-3H3,(H,27,29);6-12H,2-5,17H2,1H3,(H,18,19);2-6H,1H3;2-6H,1H3,(H,11,12);3-7H2,1-2H3;5-6H,1-4,7-8H2;4-6H2,1-3H3;2-4H2,1H3;. The van der Waals surface area contributed by atoms with Crippen molar-refractivity contribution in [2.45, 2.75) is 255 Å². The number of H-pyrrole nitrogens is 1. The number of nitrogens with one attached hydrogen (secondary N) is 4.